The number of nitrogens with zero attached hydrogens (tertiary/aromatic N) is 1. The third-order valence-corrected chi connectivity index (χ3v) is 2.56. The van der Waals surface area contributed by atoms with Crippen molar-refractivity contribution in [1.82, 2.24) is 10.3 Å². The zero-order valence-corrected chi connectivity index (χ0v) is 10.2. The van der Waals surface area contributed by atoms with E-state index >= 15 is 0 Å². The van der Waals surface area contributed by atoms with Crippen molar-refractivity contribution >= 4 is 5.97 Å². The number of carbonyl (C=O) groups is 1. The number of pyridine rings is 1. The molecule has 0 fully saturated rings. The number of aryl methyl sites for hydroxylation is 1. The number of nitrogens with one attached hydrogen (secondary N) is 1. The second-order valence-corrected chi connectivity index (χ2v) is 4.27. The van der Waals surface area contributed by atoms with Crippen molar-refractivity contribution in [1.29, 1.82) is 0 Å². The van der Waals surface area contributed by atoms with Crippen LogP contribution in [-0.2, 0) is 16.1 Å². The maximum Gasteiger partial charge on any atom is 0.325 e. The molecule has 1 rings (SSSR count). The van der Waals surface area contributed by atoms with E-state index < -0.39 is 5.54 Å². The van der Waals surface area contributed by atoms with Crippen LogP contribution >= 0.6 is 0 Å². The molecule has 4 nitrogen and oxygen atoms in total. The van der Waals surface area contributed by atoms with Crippen LogP contribution in [0.2, 0.25) is 0 Å². The van der Waals surface area contributed by atoms with Crippen LogP contribution in [0.3, 0.4) is 0 Å². The molecule has 0 unspecified atom stereocenters. The molecule has 0 aliphatic rings. The molecule has 1 aromatic heterocycles. The Kier molecular flexibility index (Phi) is 4.01. The van der Waals surface area contributed by atoms with Crippen molar-refractivity contribution < 1.29 is 9.53 Å². The summed E-state index contributed by atoms with van der Waals surface area (Å²) in [6.45, 7) is 6.21. The molecule has 0 bridgehead atoms. The smallest absolute Gasteiger partial charge is 0.325 e. The number of rotatable bonds is 4. The van der Waals surface area contributed by atoms with Gasteiger partial charge >= 0.3 is 5.97 Å². The van der Waals surface area contributed by atoms with Crippen LogP contribution in [0, 0.1) is 6.92 Å². The van der Waals surface area contributed by atoms with Crippen molar-refractivity contribution in [3.8, 4) is 0 Å². The van der Waals surface area contributed by atoms with Gasteiger partial charge in [-0.1, -0.05) is 0 Å². The van der Waals surface area contributed by atoms with Crippen molar-refractivity contribution in [3.05, 3.63) is 29.6 Å². The largest absolute Gasteiger partial charge is 0.468 e. The first-order valence-corrected chi connectivity index (χ1v) is 5.20. The number of methoxy groups -OCH3 is 1. The van der Waals surface area contributed by atoms with Gasteiger partial charge in [0.25, 0.3) is 0 Å². The molecule has 0 amide bonds. The van der Waals surface area contributed by atoms with Crippen LogP contribution in [0.15, 0.2) is 18.5 Å². The third kappa shape index (κ3) is 3.03. The Bertz CT molecular complexity index is 375. The lowest BCUT2D eigenvalue weighted by atomic mass is 10.0. The second-order valence-electron chi connectivity index (χ2n) is 4.27. The van der Waals surface area contributed by atoms with Crippen LogP contribution in [0.4, 0.5) is 0 Å². The highest BCUT2D eigenvalue weighted by atomic mass is 16.5. The minimum atomic E-state index is -0.684. The molecule has 0 aromatic carbocycles. The third-order valence-electron chi connectivity index (χ3n) is 2.56. The summed E-state index contributed by atoms with van der Waals surface area (Å²) in [5.74, 6) is -0.269. The Hall–Kier alpha value is -1.42. The topological polar surface area (TPSA) is 51.2 Å². The molecular formula is C12H18N2O2. The van der Waals surface area contributed by atoms with Gasteiger partial charge in [0.05, 0.1) is 7.11 Å². The number of ether oxygens (including phenoxy) is 1. The number of hydrogen-bond acceptors (Lipinski definition) is 4. The standard InChI is InChI=1S/C12H18N2O2/c1-9-5-6-13-7-10(9)8-14-12(2,3)11(15)16-4/h5-7,14H,8H2,1-4H3. The fourth-order valence-electron chi connectivity index (χ4n) is 1.33. The first-order valence-electron chi connectivity index (χ1n) is 5.20. The Morgan fingerprint density at radius 2 is 2.25 bits per heavy atom. The molecule has 1 heterocycles. The predicted octanol–water partition coefficient (Wildman–Crippen LogP) is 1.43. The van der Waals surface area contributed by atoms with Gasteiger partial charge in [0.2, 0.25) is 0 Å². The van der Waals surface area contributed by atoms with E-state index in [0.717, 1.165) is 11.1 Å². The molecule has 0 aliphatic carbocycles. The van der Waals surface area contributed by atoms with Gasteiger partial charge in [0.15, 0.2) is 0 Å². The normalized spacial score (nSPS) is 11.2. The second kappa shape index (κ2) is 5.07. The molecular weight excluding hydrogens is 204 g/mol. The van der Waals surface area contributed by atoms with E-state index in [4.69, 9.17) is 4.74 Å². The lowest BCUT2D eigenvalue weighted by Crippen LogP contribution is -2.47. The average molecular weight is 222 g/mol. The van der Waals surface area contributed by atoms with Gasteiger partial charge < -0.3 is 4.74 Å². The Balaban J connectivity index is 2.65. The molecule has 0 radical (unpaired) electrons. The molecule has 0 atom stereocenters. The summed E-state index contributed by atoms with van der Waals surface area (Å²) in [6, 6.07) is 1.95. The van der Waals surface area contributed by atoms with E-state index in [-0.39, 0.29) is 5.97 Å². The number of carbonyl (C=O) groups excluding carboxylic acids is 1. The summed E-state index contributed by atoms with van der Waals surface area (Å²) < 4.78 is 4.72. The minimum absolute atomic E-state index is 0.269. The van der Waals surface area contributed by atoms with Gasteiger partial charge in [-0.3, -0.25) is 15.1 Å². The molecule has 0 aliphatic heterocycles. The first kappa shape index (κ1) is 12.6. The summed E-state index contributed by atoms with van der Waals surface area (Å²) in [4.78, 5) is 15.5. The Morgan fingerprint density at radius 1 is 1.56 bits per heavy atom. The number of aromatic nitrogens is 1. The maximum atomic E-state index is 11.4. The van der Waals surface area contributed by atoms with Gasteiger partial charge in [-0.25, -0.2) is 0 Å². The monoisotopic (exact) mass is 222 g/mol. The maximum absolute atomic E-state index is 11.4. The quantitative estimate of drug-likeness (QED) is 0.783. The number of esters is 1. The Morgan fingerprint density at radius 3 is 2.81 bits per heavy atom. The zero-order chi connectivity index (χ0) is 12.2. The van der Waals surface area contributed by atoms with Crippen molar-refractivity contribution in [2.75, 3.05) is 7.11 Å². The summed E-state index contributed by atoms with van der Waals surface area (Å²) in [5, 5.41) is 3.15. The van der Waals surface area contributed by atoms with Crippen molar-refractivity contribution in [2.45, 2.75) is 32.9 Å². The average Bonchev–Trinajstić information content (AvgIpc) is 2.27. The van der Waals surface area contributed by atoms with Crippen molar-refractivity contribution in [3.63, 3.8) is 0 Å². The fourth-order valence-corrected chi connectivity index (χ4v) is 1.33. The number of hydrogen-bond donors (Lipinski definition) is 1. The molecule has 1 N–H and O–H groups in total. The summed E-state index contributed by atoms with van der Waals surface area (Å²) in [5.41, 5.74) is 1.56. The SMILES string of the molecule is COC(=O)C(C)(C)NCc1cnccc1C. The van der Waals surface area contributed by atoms with Gasteiger partial charge in [-0.05, 0) is 38.0 Å². The summed E-state index contributed by atoms with van der Waals surface area (Å²) >= 11 is 0. The molecule has 16 heavy (non-hydrogen) atoms. The van der Waals surface area contributed by atoms with E-state index in [1.807, 2.05) is 13.0 Å². The van der Waals surface area contributed by atoms with Crippen LogP contribution in [0.1, 0.15) is 25.0 Å². The molecule has 0 spiro atoms. The van der Waals surface area contributed by atoms with Crippen LogP contribution in [0.25, 0.3) is 0 Å². The highest BCUT2D eigenvalue weighted by molar-refractivity contribution is 5.79. The minimum Gasteiger partial charge on any atom is -0.468 e. The molecule has 88 valence electrons. The highest BCUT2D eigenvalue weighted by Crippen LogP contribution is 2.09. The lowest BCUT2D eigenvalue weighted by Gasteiger charge is -2.23. The van der Waals surface area contributed by atoms with Gasteiger partial charge in [0, 0.05) is 18.9 Å². The van der Waals surface area contributed by atoms with E-state index in [1.54, 1.807) is 26.2 Å². The van der Waals surface area contributed by atoms with Gasteiger partial charge in [-0.2, -0.15) is 0 Å². The van der Waals surface area contributed by atoms with E-state index in [0.29, 0.717) is 6.54 Å². The first-order chi connectivity index (χ1) is 7.47. The van der Waals surface area contributed by atoms with Crippen LogP contribution in [0.5, 0.6) is 0 Å². The summed E-state index contributed by atoms with van der Waals surface area (Å²) in [7, 11) is 1.39. The highest BCUT2D eigenvalue weighted by Gasteiger charge is 2.27. The van der Waals surface area contributed by atoms with E-state index in [9.17, 15) is 4.79 Å². The van der Waals surface area contributed by atoms with Gasteiger partial charge in [-0.15, -0.1) is 0 Å². The van der Waals surface area contributed by atoms with E-state index in [1.165, 1.54) is 7.11 Å². The van der Waals surface area contributed by atoms with Crippen LogP contribution in [-0.4, -0.2) is 23.6 Å². The zero-order valence-electron chi connectivity index (χ0n) is 10.2. The molecule has 0 saturated carbocycles. The molecule has 0 saturated heterocycles. The van der Waals surface area contributed by atoms with Gasteiger partial charge in [0.1, 0.15) is 5.54 Å². The molecule has 1 aromatic rings. The van der Waals surface area contributed by atoms with E-state index in [2.05, 4.69) is 10.3 Å². The molecule has 4 heteroatoms. The van der Waals surface area contributed by atoms with Crippen molar-refractivity contribution in [2.24, 2.45) is 0 Å². The fraction of sp³-hybridized carbons (Fsp3) is 0.500. The predicted molar refractivity (Wildman–Crippen MR) is 61.9 cm³/mol. The summed E-state index contributed by atoms with van der Waals surface area (Å²) in [6.07, 6.45) is 3.56. The lowest BCUT2D eigenvalue weighted by molar-refractivity contribution is -0.147. The van der Waals surface area contributed by atoms with Crippen LogP contribution < -0.4 is 5.32 Å². The Labute approximate surface area is 96.0 Å².